The number of rotatable bonds is 15. The van der Waals surface area contributed by atoms with E-state index in [0.29, 0.717) is 25.8 Å². The van der Waals surface area contributed by atoms with E-state index in [1.807, 2.05) is 12.1 Å². The number of aliphatic hydroxyl groups excluding tert-OH is 1. The summed E-state index contributed by atoms with van der Waals surface area (Å²) in [4.78, 5) is 2.21. The van der Waals surface area contributed by atoms with Crippen molar-refractivity contribution >= 4 is 15.2 Å². The molecule has 2 N–H and O–H groups in total. The average molecular weight is 393 g/mol. The van der Waals surface area contributed by atoms with Gasteiger partial charge < -0.3 is 29.5 Å². The molecule has 3 atom stereocenters. The van der Waals surface area contributed by atoms with E-state index in [2.05, 4.69) is 28.9 Å². The summed E-state index contributed by atoms with van der Waals surface area (Å²) in [6.45, 7) is 7.61. The van der Waals surface area contributed by atoms with E-state index in [1.54, 1.807) is 0 Å². The van der Waals surface area contributed by atoms with Gasteiger partial charge in [-0.25, -0.2) is 0 Å². The maximum absolute atomic E-state index is 10.4. The standard InChI is InChI=1S/C20H32N2O4Si/c1-27-10-2-8-21-11-17(23)12-22(13-20-15-26-20)16-3-5-18(6-4-16)24-9-7-19-14-25-19/h3-6,17,19-21,23H,2,7-15H2,1H3. The van der Waals surface area contributed by atoms with Gasteiger partial charge >= 0.3 is 0 Å². The molecule has 0 spiro atoms. The van der Waals surface area contributed by atoms with Crippen LogP contribution in [0.15, 0.2) is 24.3 Å². The second-order valence-electron chi connectivity index (χ2n) is 7.26. The fourth-order valence-electron chi connectivity index (χ4n) is 2.98. The van der Waals surface area contributed by atoms with Crippen molar-refractivity contribution in [3.8, 4) is 5.75 Å². The molecule has 2 fully saturated rings. The summed E-state index contributed by atoms with van der Waals surface area (Å²) in [5, 5.41) is 13.8. The molecule has 0 aromatic heterocycles. The first-order valence-electron chi connectivity index (χ1n) is 9.99. The van der Waals surface area contributed by atoms with Crippen LogP contribution >= 0.6 is 0 Å². The van der Waals surface area contributed by atoms with Crippen LogP contribution in [-0.4, -0.2) is 78.9 Å². The van der Waals surface area contributed by atoms with Crippen molar-refractivity contribution in [2.75, 3.05) is 50.9 Å². The van der Waals surface area contributed by atoms with E-state index in [9.17, 15) is 5.11 Å². The van der Waals surface area contributed by atoms with E-state index in [1.165, 1.54) is 12.5 Å². The molecule has 2 radical (unpaired) electrons. The molecule has 2 aliphatic heterocycles. The van der Waals surface area contributed by atoms with Gasteiger partial charge in [-0.15, -0.1) is 0 Å². The minimum atomic E-state index is -0.401. The monoisotopic (exact) mass is 392 g/mol. The lowest BCUT2D eigenvalue weighted by molar-refractivity contribution is 0.176. The predicted octanol–water partition coefficient (Wildman–Crippen LogP) is 1.57. The van der Waals surface area contributed by atoms with Crippen molar-refractivity contribution in [1.82, 2.24) is 5.32 Å². The Kier molecular flexibility index (Phi) is 8.41. The van der Waals surface area contributed by atoms with E-state index >= 15 is 0 Å². The second kappa shape index (κ2) is 11.0. The van der Waals surface area contributed by atoms with Crippen LogP contribution in [0.3, 0.4) is 0 Å². The summed E-state index contributed by atoms with van der Waals surface area (Å²) in [7, 11) is 1.00. The van der Waals surface area contributed by atoms with Crippen LogP contribution in [0.1, 0.15) is 12.8 Å². The van der Waals surface area contributed by atoms with Gasteiger partial charge in [0.1, 0.15) is 5.75 Å². The Morgan fingerprint density at radius 1 is 1.26 bits per heavy atom. The summed E-state index contributed by atoms with van der Waals surface area (Å²) in [6.07, 6.45) is 2.41. The molecular weight excluding hydrogens is 360 g/mol. The molecule has 3 unspecified atom stereocenters. The highest BCUT2D eigenvalue weighted by Gasteiger charge is 2.27. The van der Waals surface area contributed by atoms with E-state index in [-0.39, 0.29) is 6.10 Å². The average Bonchev–Trinajstić information content (AvgIpc) is 3.57. The molecule has 27 heavy (non-hydrogen) atoms. The minimum Gasteiger partial charge on any atom is -0.493 e. The van der Waals surface area contributed by atoms with Gasteiger partial charge in [0.05, 0.1) is 38.1 Å². The number of epoxide rings is 2. The second-order valence-corrected chi connectivity index (χ2v) is 8.47. The molecule has 0 saturated carbocycles. The topological polar surface area (TPSA) is 69.8 Å². The minimum absolute atomic E-state index is 0.283. The molecule has 3 rings (SSSR count). The first kappa shape index (κ1) is 20.6. The van der Waals surface area contributed by atoms with Crippen LogP contribution in [0.4, 0.5) is 5.69 Å². The zero-order valence-electron chi connectivity index (χ0n) is 16.2. The number of nitrogens with one attached hydrogen (secondary N) is 1. The molecule has 2 heterocycles. The third-order valence-corrected chi connectivity index (χ3v) is 5.58. The van der Waals surface area contributed by atoms with Gasteiger partial charge in [-0.05, 0) is 37.2 Å². The molecule has 0 amide bonds. The van der Waals surface area contributed by atoms with Gasteiger partial charge in [0.25, 0.3) is 0 Å². The summed E-state index contributed by atoms with van der Waals surface area (Å²) in [5.74, 6) is 0.876. The number of aliphatic hydroxyl groups is 1. The number of nitrogens with zero attached hydrogens (tertiary/aromatic N) is 1. The maximum Gasteiger partial charge on any atom is 0.119 e. The molecule has 1 aromatic rings. The van der Waals surface area contributed by atoms with Crippen LogP contribution in [0.2, 0.25) is 12.6 Å². The summed E-state index contributed by atoms with van der Waals surface area (Å²) in [6, 6.07) is 9.39. The fourth-order valence-corrected chi connectivity index (χ4v) is 3.51. The molecule has 7 heteroatoms. The predicted molar refractivity (Wildman–Crippen MR) is 108 cm³/mol. The normalized spacial score (nSPS) is 21.7. The van der Waals surface area contributed by atoms with Crippen molar-refractivity contribution in [1.29, 1.82) is 0 Å². The summed E-state index contributed by atoms with van der Waals surface area (Å²) < 4.78 is 16.4. The molecule has 2 aliphatic rings. The fraction of sp³-hybridized carbons (Fsp3) is 0.700. The number of anilines is 1. The third-order valence-electron chi connectivity index (χ3n) is 4.73. The van der Waals surface area contributed by atoms with Gasteiger partial charge in [-0.3, -0.25) is 0 Å². The van der Waals surface area contributed by atoms with E-state index in [0.717, 1.165) is 53.7 Å². The van der Waals surface area contributed by atoms with E-state index in [4.69, 9.17) is 14.2 Å². The number of hydrogen-bond donors (Lipinski definition) is 2. The van der Waals surface area contributed by atoms with Crippen LogP contribution in [0.25, 0.3) is 0 Å². The zero-order valence-corrected chi connectivity index (χ0v) is 17.2. The van der Waals surface area contributed by atoms with Gasteiger partial charge in [0.2, 0.25) is 0 Å². The van der Waals surface area contributed by atoms with Crippen LogP contribution in [-0.2, 0) is 9.47 Å². The SMILES string of the molecule is C[Si]CCCNCC(O)CN(CC1CO1)c1ccc(OCCC2CO2)cc1. The van der Waals surface area contributed by atoms with Crippen molar-refractivity contribution in [3.63, 3.8) is 0 Å². The third kappa shape index (κ3) is 8.19. The molecule has 0 aliphatic carbocycles. The Hall–Kier alpha value is -1.12. The first-order valence-corrected chi connectivity index (χ1v) is 11.7. The van der Waals surface area contributed by atoms with Crippen LogP contribution in [0, 0.1) is 0 Å². The Bertz CT molecular complexity index is 537. The maximum atomic E-state index is 10.4. The highest BCUT2D eigenvalue weighted by Crippen LogP contribution is 2.23. The van der Waals surface area contributed by atoms with Gasteiger partial charge in [0.15, 0.2) is 0 Å². The Labute approximate surface area is 165 Å². The van der Waals surface area contributed by atoms with Gasteiger partial charge in [-0.1, -0.05) is 12.6 Å². The van der Waals surface area contributed by atoms with Gasteiger partial charge in [-0.2, -0.15) is 0 Å². The Morgan fingerprint density at radius 3 is 2.67 bits per heavy atom. The number of hydrogen-bond acceptors (Lipinski definition) is 6. The van der Waals surface area contributed by atoms with Crippen molar-refractivity contribution in [2.24, 2.45) is 0 Å². The number of benzene rings is 1. The zero-order chi connectivity index (χ0) is 18.9. The lowest BCUT2D eigenvalue weighted by Gasteiger charge is -2.27. The lowest BCUT2D eigenvalue weighted by Crippen LogP contribution is -2.40. The van der Waals surface area contributed by atoms with Crippen LogP contribution in [0.5, 0.6) is 5.75 Å². The molecule has 0 bridgehead atoms. The quantitative estimate of drug-likeness (QED) is 0.268. The number of ether oxygens (including phenoxy) is 3. The summed E-state index contributed by atoms with van der Waals surface area (Å²) >= 11 is 0. The van der Waals surface area contributed by atoms with Crippen molar-refractivity contribution < 1.29 is 19.3 Å². The first-order chi connectivity index (χ1) is 13.2. The molecule has 150 valence electrons. The van der Waals surface area contributed by atoms with Gasteiger partial charge in [0, 0.05) is 41.3 Å². The highest BCUT2D eigenvalue weighted by molar-refractivity contribution is 6.33. The molecule has 1 aromatic carbocycles. The summed E-state index contributed by atoms with van der Waals surface area (Å²) in [5.41, 5.74) is 1.09. The van der Waals surface area contributed by atoms with Crippen LogP contribution < -0.4 is 15.0 Å². The van der Waals surface area contributed by atoms with Crippen molar-refractivity contribution in [3.05, 3.63) is 24.3 Å². The Morgan fingerprint density at radius 2 is 2.00 bits per heavy atom. The lowest BCUT2D eigenvalue weighted by atomic mass is 10.2. The molecule has 2 saturated heterocycles. The highest BCUT2D eigenvalue weighted by atomic mass is 28.2. The smallest absolute Gasteiger partial charge is 0.119 e. The van der Waals surface area contributed by atoms with Crippen molar-refractivity contribution in [2.45, 2.75) is 43.7 Å². The molecular formula is C20H32N2O4Si. The largest absolute Gasteiger partial charge is 0.493 e. The molecule has 6 nitrogen and oxygen atoms in total. The Balaban J connectivity index is 1.44. The van der Waals surface area contributed by atoms with E-state index < -0.39 is 6.10 Å².